The van der Waals surface area contributed by atoms with Gasteiger partial charge >= 0.3 is 0 Å². The molecule has 0 radical (unpaired) electrons. The second-order valence-electron chi connectivity index (χ2n) is 8.03. The number of hydrogen-bond donors (Lipinski definition) is 1. The van der Waals surface area contributed by atoms with Gasteiger partial charge in [0.15, 0.2) is 0 Å². The number of para-hydroxylation sites is 1. The molecule has 1 N–H and O–H groups in total. The van der Waals surface area contributed by atoms with Gasteiger partial charge in [0.25, 0.3) is 0 Å². The summed E-state index contributed by atoms with van der Waals surface area (Å²) < 4.78 is 22.2. The number of rotatable bonds is 3. The summed E-state index contributed by atoms with van der Waals surface area (Å²) in [5.41, 5.74) is 6.22. The maximum absolute atomic E-state index is 13.7. The van der Waals surface area contributed by atoms with E-state index >= 15 is 0 Å². The van der Waals surface area contributed by atoms with Gasteiger partial charge in [-0.1, -0.05) is 55.5 Å². The molecule has 3 heterocycles. The lowest BCUT2D eigenvalue weighted by Gasteiger charge is -2.39. The first-order valence-electron chi connectivity index (χ1n) is 10.7. The quantitative estimate of drug-likeness (QED) is 0.469. The minimum atomic E-state index is -0.328. The number of benzene rings is 3. The number of hydrogen-bond acceptors (Lipinski definition) is 4. The zero-order valence-corrected chi connectivity index (χ0v) is 17.5. The van der Waals surface area contributed by atoms with E-state index in [2.05, 4.69) is 46.6 Å². The van der Waals surface area contributed by atoms with E-state index in [1.165, 1.54) is 24.0 Å². The fourth-order valence-electron chi connectivity index (χ4n) is 4.59. The van der Waals surface area contributed by atoms with Crippen LogP contribution in [-0.4, -0.2) is 14.8 Å². The van der Waals surface area contributed by atoms with Gasteiger partial charge in [-0.25, -0.2) is 9.07 Å². The monoisotopic (exact) mass is 424 g/mol. The third kappa shape index (κ3) is 2.91. The Morgan fingerprint density at radius 1 is 0.969 bits per heavy atom. The van der Waals surface area contributed by atoms with Gasteiger partial charge in [0.2, 0.25) is 5.95 Å². The summed E-state index contributed by atoms with van der Waals surface area (Å²) in [6.45, 7) is 2.14. The molecule has 0 bridgehead atoms. The first-order valence-corrected chi connectivity index (χ1v) is 10.7. The molecular formula is C26H21FN4O. The van der Waals surface area contributed by atoms with Crippen LogP contribution in [0.15, 0.2) is 84.7 Å². The van der Waals surface area contributed by atoms with Gasteiger partial charge < -0.3 is 10.1 Å². The summed E-state index contributed by atoms with van der Waals surface area (Å²) >= 11 is 0. The van der Waals surface area contributed by atoms with E-state index in [9.17, 15) is 4.39 Å². The zero-order valence-electron chi connectivity index (χ0n) is 17.5. The standard InChI is InChI=1S/C26H21FN4O/c1-2-16-7-9-18(10-8-16)25-22-23(20-5-3-4-6-21(20)32-25)30-26-28-15-29-31(26)24(22)17-11-13-19(27)14-12-17/h3-15,24-25H,2H2,1H3,(H,28,29,30)/t24-,25+/m1/s1. The molecule has 2 aliphatic rings. The molecule has 0 saturated heterocycles. The van der Waals surface area contributed by atoms with Gasteiger partial charge in [0.1, 0.15) is 30.0 Å². The molecule has 0 aliphatic carbocycles. The van der Waals surface area contributed by atoms with Crippen molar-refractivity contribution in [1.82, 2.24) is 14.8 Å². The Kier molecular flexibility index (Phi) is 4.31. The number of anilines is 1. The highest BCUT2D eigenvalue weighted by Crippen LogP contribution is 2.50. The molecule has 4 aromatic rings. The molecule has 32 heavy (non-hydrogen) atoms. The van der Waals surface area contributed by atoms with E-state index in [0.717, 1.165) is 40.1 Å². The van der Waals surface area contributed by atoms with Crippen LogP contribution >= 0.6 is 0 Å². The van der Waals surface area contributed by atoms with Crippen LogP contribution in [0.4, 0.5) is 10.3 Å². The van der Waals surface area contributed by atoms with Crippen LogP contribution in [0.1, 0.15) is 41.3 Å². The second kappa shape index (κ2) is 7.34. The Bertz CT molecular complexity index is 1320. The number of nitrogens with zero attached hydrogens (tertiary/aromatic N) is 3. The van der Waals surface area contributed by atoms with E-state index in [-0.39, 0.29) is 18.0 Å². The maximum atomic E-state index is 13.7. The van der Waals surface area contributed by atoms with Crippen molar-refractivity contribution in [2.45, 2.75) is 25.5 Å². The molecule has 6 heteroatoms. The van der Waals surface area contributed by atoms with Crippen LogP contribution in [-0.2, 0) is 6.42 Å². The first kappa shape index (κ1) is 18.8. The summed E-state index contributed by atoms with van der Waals surface area (Å²) in [6, 6.07) is 22.8. The largest absolute Gasteiger partial charge is 0.480 e. The highest BCUT2D eigenvalue weighted by Gasteiger charge is 2.40. The second-order valence-corrected chi connectivity index (χ2v) is 8.03. The fraction of sp³-hybridized carbons (Fsp3) is 0.154. The van der Waals surface area contributed by atoms with Crippen molar-refractivity contribution in [3.63, 3.8) is 0 Å². The lowest BCUT2D eigenvalue weighted by molar-refractivity contribution is 0.223. The van der Waals surface area contributed by atoms with E-state index in [4.69, 9.17) is 4.74 Å². The summed E-state index contributed by atoms with van der Waals surface area (Å²) in [5, 5.41) is 7.98. The molecule has 0 amide bonds. The highest BCUT2D eigenvalue weighted by atomic mass is 19.1. The molecule has 158 valence electrons. The minimum Gasteiger partial charge on any atom is -0.480 e. The van der Waals surface area contributed by atoms with Crippen molar-refractivity contribution in [2.24, 2.45) is 0 Å². The van der Waals surface area contributed by atoms with Gasteiger partial charge in [-0.3, -0.25) is 0 Å². The maximum Gasteiger partial charge on any atom is 0.226 e. The van der Waals surface area contributed by atoms with Crippen molar-refractivity contribution in [3.05, 3.63) is 113 Å². The van der Waals surface area contributed by atoms with Crippen LogP contribution in [0, 0.1) is 5.82 Å². The molecule has 3 aromatic carbocycles. The normalized spacial score (nSPS) is 18.8. The summed E-state index contributed by atoms with van der Waals surface area (Å²) in [6.07, 6.45) is 2.19. The molecule has 5 nitrogen and oxygen atoms in total. The van der Waals surface area contributed by atoms with Gasteiger partial charge in [-0.05, 0) is 47.4 Å². The Hall–Kier alpha value is -3.93. The average Bonchev–Trinajstić information content (AvgIpc) is 3.31. The number of halogens is 1. The van der Waals surface area contributed by atoms with Crippen molar-refractivity contribution < 1.29 is 9.13 Å². The van der Waals surface area contributed by atoms with Crippen molar-refractivity contribution in [2.75, 3.05) is 5.32 Å². The van der Waals surface area contributed by atoms with Crippen LogP contribution in [0.3, 0.4) is 0 Å². The fourth-order valence-corrected chi connectivity index (χ4v) is 4.59. The van der Waals surface area contributed by atoms with Crippen molar-refractivity contribution in [3.8, 4) is 5.75 Å². The van der Waals surface area contributed by atoms with Crippen LogP contribution in [0.5, 0.6) is 5.75 Å². The van der Waals surface area contributed by atoms with Crippen molar-refractivity contribution in [1.29, 1.82) is 0 Å². The average molecular weight is 424 g/mol. The van der Waals surface area contributed by atoms with Gasteiger partial charge in [0, 0.05) is 11.1 Å². The van der Waals surface area contributed by atoms with Gasteiger partial charge in [-0.2, -0.15) is 10.1 Å². The third-order valence-electron chi connectivity index (χ3n) is 6.20. The molecule has 0 fully saturated rings. The molecule has 1 aromatic heterocycles. The first-order chi connectivity index (χ1) is 15.7. The number of ether oxygens (including phenoxy) is 1. The van der Waals surface area contributed by atoms with Crippen molar-refractivity contribution >= 4 is 11.6 Å². The Morgan fingerprint density at radius 3 is 2.50 bits per heavy atom. The third-order valence-corrected chi connectivity index (χ3v) is 6.20. The molecule has 0 unspecified atom stereocenters. The lowest BCUT2D eigenvalue weighted by Crippen LogP contribution is -2.32. The molecular weight excluding hydrogens is 403 g/mol. The van der Waals surface area contributed by atoms with E-state index in [1.807, 2.05) is 28.9 Å². The minimum absolute atomic E-state index is 0.271. The molecule has 6 rings (SSSR count). The lowest BCUT2D eigenvalue weighted by atomic mass is 9.84. The SMILES string of the molecule is CCc1ccc([C@@H]2Oc3ccccc3C3=C2[C@@H](c2ccc(F)cc2)n2ncnc2N3)cc1. The molecule has 0 saturated carbocycles. The Labute approximate surface area is 185 Å². The molecule has 0 spiro atoms. The number of fused-ring (bicyclic) bond motifs is 3. The summed E-state index contributed by atoms with van der Waals surface area (Å²) in [5.74, 6) is 1.19. The number of nitrogens with one attached hydrogen (secondary N) is 1. The van der Waals surface area contributed by atoms with E-state index in [1.54, 1.807) is 12.1 Å². The number of aromatic nitrogens is 3. The Balaban J connectivity index is 1.60. The zero-order chi connectivity index (χ0) is 21.7. The predicted molar refractivity (Wildman–Crippen MR) is 121 cm³/mol. The van der Waals surface area contributed by atoms with Gasteiger partial charge in [0.05, 0.1) is 5.70 Å². The topological polar surface area (TPSA) is 52.0 Å². The smallest absolute Gasteiger partial charge is 0.226 e. The van der Waals surface area contributed by atoms with Crippen LogP contribution in [0.25, 0.3) is 5.70 Å². The molecule has 2 aliphatic heterocycles. The predicted octanol–water partition coefficient (Wildman–Crippen LogP) is 5.54. The molecule has 2 atom stereocenters. The van der Waals surface area contributed by atoms with Crippen LogP contribution in [0.2, 0.25) is 0 Å². The van der Waals surface area contributed by atoms with Crippen LogP contribution < -0.4 is 10.1 Å². The van der Waals surface area contributed by atoms with E-state index < -0.39 is 0 Å². The summed E-state index contributed by atoms with van der Waals surface area (Å²) in [7, 11) is 0. The highest BCUT2D eigenvalue weighted by molar-refractivity contribution is 5.85. The number of aryl methyl sites for hydroxylation is 1. The Morgan fingerprint density at radius 2 is 1.72 bits per heavy atom. The van der Waals surface area contributed by atoms with Gasteiger partial charge in [-0.15, -0.1) is 0 Å². The van der Waals surface area contributed by atoms with E-state index in [0.29, 0.717) is 5.95 Å². The summed E-state index contributed by atoms with van der Waals surface area (Å²) in [4.78, 5) is 4.43.